The third-order valence-corrected chi connectivity index (χ3v) is 4.47. The molecule has 1 N–H and O–H groups in total. The SMILES string of the molecule is Cc1cc(NC(=O)C2CCN(c3cc(-n4ccnc4)ncn3)CC2)on1. The summed E-state index contributed by atoms with van der Waals surface area (Å²) in [6.07, 6.45) is 8.31. The zero-order valence-corrected chi connectivity index (χ0v) is 14.4. The van der Waals surface area contributed by atoms with E-state index in [0.717, 1.165) is 43.3 Å². The molecule has 0 radical (unpaired) electrons. The van der Waals surface area contributed by atoms with Crippen LogP contribution in [-0.4, -0.2) is 43.7 Å². The molecule has 9 nitrogen and oxygen atoms in total. The summed E-state index contributed by atoms with van der Waals surface area (Å²) in [4.78, 5) is 27.2. The fourth-order valence-electron chi connectivity index (χ4n) is 3.06. The van der Waals surface area contributed by atoms with Crippen molar-refractivity contribution in [1.29, 1.82) is 0 Å². The average molecular weight is 353 g/mol. The zero-order chi connectivity index (χ0) is 17.9. The maximum atomic E-state index is 12.4. The minimum absolute atomic E-state index is 0.0254. The maximum Gasteiger partial charge on any atom is 0.231 e. The van der Waals surface area contributed by atoms with Gasteiger partial charge in [-0.3, -0.25) is 14.7 Å². The normalized spacial score (nSPS) is 15.2. The number of nitrogens with zero attached hydrogens (tertiary/aromatic N) is 6. The lowest BCUT2D eigenvalue weighted by Crippen LogP contribution is -2.38. The molecule has 0 atom stereocenters. The van der Waals surface area contributed by atoms with E-state index in [0.29, 0.717) is 5.88 Å². The fraction of sp³-hybridized carbons (Fsp3) is 0.353. The number of rotatable bonds is 4. The third kappa shape index (κ3) is 3.41. The largest absolute Gasteiger partial charge is 0.356 e. The van der Waals surface area contributed by atoms with E-state index in [9.17, 15) is 4.79 Å². The van der Waals surface area contributed by atoms with Gasteiger partial charge in [0.25, 0.3) is 0 Å². The van der Waals surface area contributed by atoms with E-state index >= 15 is 0 Å². The molecule has 3 aromatic heterocycles. The van der Waals surface area contributed by atoms with Gasteiger partial charge in [-0.25, -0.2) is 15.0 Å². The van der Waals surface area contributed by atoms with Gasteiger partial charge >= 0.3 is 0 Å². The molecule has 0 aromatic carbocycles. The molecule has 0 spiro atoms. The number of imidazole rings is 1. The van der Waals surface area contributed by atoms with Crippen LogP contribution in [-0.2, 0) is 4.79 Å². The van der Waals surface area contributed by atoms with Crippen LogP contribution in [0.3, 0.4) is 0 Å². The predicted octanol–water partition coefficient (Wildman–Crippen LogP) is 1.81. The van der Waals surface area contributed by atoms with Crippen molar-refractivity contribution in [3.8, 4) is 5.82 Å². The number of anilines is 2. The molecule has 1 aliphatic rings. The molecule has 0 aliphatic carbocycles. The van der Waals surface area contributed by atoms with E-state index < -0.39 is 0 Å². The lowest BCUT2D eigenvalue weighted by molar-refractivity contribution is -0.120. The van der Waals surface area contributed by atoms with Crippen LogP contribution < -0.4 is 10.2 Å². The Hall–Kier alpha value is -3.23. The van der Waals surface area contributed by atoms with Gasteiger partial charge in [-0.2, -0.15) is 0 Å². The molecule has 26 heavy (non-hydrogen) atoms. The Morgan fingerprint density at radius 2 is 2.04 bits per heavy atom. The van der Waals surface area contributed by atoms with Crippen LogP contribution in [0.2, 0.25) is 0 Å². The van der Waals surface area contributed by atoms with Gasteiger partial charge in [-0.05, 0) is 19.8 Å². The standard InChI is InChI=1S/C17H19N7O2/c1-12-8-16(26-22-12)21-17(25)13-2-5-23(6-3-13)14-9-15(20-10-19-14)24-7-4-18-11-24/h4,7-11,13H,2-3,5-6H2,1H3,(H,21,25). The molecule has 9 heteroatoms. The van der Waals surface area contributed by atoms with Crippen molar-refractivity contribution in [2.75, 3.05) is 23.3 Å². The molecule has 4 rings (SSSR count). The van der Waals surface area contributed by atoms with Gasteiger partial charge < -0.3 is 9.42 Å². The topological polar surface area (TPSA) is 102 Å². The van der Waals surface area contributed by atoms with Crippen molar-refractivity contribution in [2.45, 2.75) is 19.8 Å². The predicted molar refractivity (Wildman–Crippen MR) is 94.0 cm³/mol. The molecule has 3 aromatic rings. The van der Waals surface area contributed by atoms with Gasteiger partial charge in [-0.15, -0.1) is 0 Å². The molecular formula is C17H19N7O2. The number of piperidine rings is 1. The van der Waals surface area contributed by atoms with Gasteiger partial charge in [0, 0.05) is 43.5 Å². The summed E-state index contributed by atoms with van der Waals surface area (Å²) in [6, 6.07) is 3.64. The number of amides is 1. The summed E-state index contributed by atoms with van der Waals surface area (Å²) in [7, 11) is 0. The lowest BCUT2D eigenvalue weighted by atomic mass is 9.96. The summed E-state index contributed by atoms with van der Waals surface area (Å²) in [6.45, 7) is 3.33. The number of carbonyl (C=O) groups excluding carboxylic acids is 1. The highest BCUT2D eigenvalue weighted by molar-refractivity contribution is 5.91. The van der Waals surface area contributed by atoms with Gasteiger partial charge in [0.2, 0.25) is 11.8 Å². The minimum atomic E-state index is -0.0494. The number of nitrogens with one attached hydrogen (secondary N) is 1. The third-order valence-electron chi connectivity index (χ3n) is 4.47. The summed E-state index contributed by atoms with van der Waals surface area (Å²) in [5, 5.41) is 6.57. The highest BCUT2D eigenvalue weighted by Crippen LogP contribution is 2.24. The Bertz CT molecular complexity index is 882. The number of hydrogen-bond donors (Lipinski definition) is 1. The van der Waals surface area contributed by atoms with Gasteiger partial charge in [0.05, 0.1) is 5.69 Å². The lowest BCUT2D eigenvalue weighted by Gasteiger charge is -2.32. The first kappa shape index (κ1) is 16.2. The average Bonchev–Trinajstić information content (AvgIpc) is 3.34. The van der Waals surface area contributed by atoms with E-state index in [1.54, 1.807) is 24.9 Å². The van der Waals surface area contributed by atoms with Crippen LogP contribution in [0.25, 0.3) is 5.82 Å². The van der Waals surface area contributed by atoms with E-state index in [1.807, 2.05) is 23.8 Å². The van der Waals surface area contributed by atoms with E-state index in [4.69, 9.17) is 4.52 Å². The monoisotopic (exact) mass is 353 g/mol. The quantitative estimate of drug-likeness (QED) is 0.763. The maximum absolute atomic E-state index is 12.4. The van der Waals surface area contributed by atoms with Crippen molar-refractivity contribution in [2.24, 2.45) is 5.92 Å². The van der Waals surface area contributed by atoms with Crippen molar-refractivity contribution < 1.29 is 9.32 Å². The fourth-order valence-corrected chi connectivity index (χ4v) is 3.06. The van der Waals surface area contributed by atoms with Crippen LogP contribution in [0.1, 0.15) is 18.5 Å². The van der Waals surface area contributed by atoms with Crippen LogP contribution >= 0.6 is 0 Å². The van der Waals surface area contributed by atoms with E-state index in [2.05, 4.69) is 30.3 Å². The van der Waals surface area contributed by atoms with Crippen LogP contribution in [0, 0.1) is 12.8 Å². The molecule has 0 bridgehead atoms. The van der Waals surface area contributed by atoms with Crippen molar-refractivity contribution in [3.63, 3.8) is 0 Å². The molecule has 0 saturated carbocycles. The van der Waals surface area contributed by atoms with Crippen LogP contribution in [0.15, 0.2) is 41.7 Å². The Morgan fingerprint density at radius 1 is 1.23 bits per heavy atom. The smallest absolute Gasteiger partial charge is 0.231 e. The van der Waals surface area contributed by atoms with Gasteiger partial charge in [-0.1, -0.05) is 5.16 Å². The van der Waals surface area contributed by atoms with Crippen molar-refractivity contribution in [3.05, 3.63) is 42.9 Å². The van der Waals surface area contributed by atoms with E-state index in [-0.39, 0.29) is 11.8 Å². The second-order valence-electron chi connectivity index (χ2n) is 6.29. The van der Waals surface area contributed by atoms with E-state index in [1.165, 1.54) is 0 Å². The first-order valence-electron chi connectivity index (χ1n) is 8.48. The molecule has 1 fully saturated rings. The van der Waals surface area contributed by atoms with Crippen LogP contribution in [0.5, 0.6) is 0 Å². The number of hydrogen-bond acceptors (Lipinski definition) is 7. The Labute approximate surface area is 150 Å². The summed E-state index contributed by atoms with van der Waals surface area (Å²) in [5.41, 5.74) is 0.743. The first-order valence-corrected chi connectivity index (χ1v) is 8.48. The Balaban J connectivity index is 1.37. The Morgan fingerprint density at radius 3 is 2.73 bits per heavy atom. The Kier molecular flexibility index (Phi) is 4.34. The van der Waals surface area contributed by atoms with Gasteiger partial charge in [0.15, 0.2) is 0 Å². The highest BCUT2D eigenvalue weighted by Gasteiger charge is 2.26. The highest BCUT2D eigenvalue weighted by atomic mass is 16.5. The number of aromatic nitrogens is 5. The second kappa shape index (κ2) is 6.95. The van der Waals surface area contributed by atoms with Crippen molar-refractivity contribution >= 4 is 17.6 Å². The number of carbonyl (C=O) groups is 1. The summed E-state index contributed by atoms with van der Waals surface area (Å²) < 4.78 is 6.89. The molecule has 134 valence electrons. The van der Waals surface area contributed by atoms with Crippen molar-refractivity contribution in [1.82, 2.24) is 24.7 Å². The zero-order valence-electron chi connectivity index (χ0n) is 14.4. The van der Waals surface area contributed by atoms with Gasteiger partial charge in [0.1, 0.15) is 24.3 Å². The molecule has 0 unspecified atom stereocenters. The molecule has 1 aliphatic heterocycles. The summed E-state index contributed by atoms with van der Waals surface area (Å²) >= 11 is 0. The summed E-state index contributed by atoms with van der Waals surface area (Å²) in [5.74, 6) is 1.95. The molecule has 1 saturated heterocycles. The second-order valence-corrected chi connectivity index (χ2v) is 6.29. The van der Waals surface area contributed by atoms with Crippen LogP contribution in [0.4, 0.5) is 11.7 Å². The minimum Gasteiger partial charge on any atom is -0.356 e. The molecular weight excluding hydrogens is 334 g/mol. The molecule has 4 heterocycles. The number of aryl methyl sites for hydroxylation is 1. The first-order chi connectivity index (χ1) is 12.7. The molecule has 1 amide bonds.